The number of carbonyl (C=O) groups is 1. The number of unbranched alkanes of at least 4 members (excludes halogenated alkanes) is 2. The molecule has 21 heavy (non-hydrogen) atoms. The second-order valence-electron chi connectivity index (χ2n) is 4.73. The van der Waals surface area contributed by atoms with Gasteiger partial charge in [0.2, 0.25) is 15.7 Å². The Morgan fingerprint density at radius 1 is 1.14 bits per heavy atom. The molecule has 0 unspecified atom stereocenters. The summed E-state index contributed by atoms with van der Waals surface area (Å²) in [5.74, 6) is 0.323. The van der Waals surface area contributed by atoms with Crippen LogP contribution in [0.1, 0.15) is 38.5 Å². The monoisotopic (exact) mass is 318 g/mol. The molecule has 1 aromatic heterocycles. The van der Waals surface area contributed by atoms with E-state index in [-0.39, 0.29) is 11.3 Å². The summed E-state index contributed by atoms with van der Waals surface area (Å²) in [6.07, 6.45) is 4.98. The zero-order chi connectivity index (χ0) is 15.7. The lowest BCUT2D eigenvalue weighted by molar-refractivity contribution is 0.240. The SMILES string of the molecule is CCCNC(=O)NCCCCCc1nnc(S(C)(=O)=O)o1. The van der Waals surface area contributed by atoms with Gasteiger partial charge in [0, 0.05) is 25.8 Å². The Bertz CT molecular complexity index is 541. The molecular weight excluding hydrogens is 296 g/mol. The second kappa shape index (κ2) is 8.60. The molecule has 0 aliphatic carbocycles. The molecule has 0 aliphatic heterocycles. The van der Waals surface area contributed by atoms with Crippen LogP contribution in [0.3, 0.4) is 0 Å². The van der Waals surface area contributed by atoms with Gasteiger partial charge in [0.05, 0.1) is 0 Å². The van der Waals surface area contributed by atoms with Crippen molar-refractivity contribution in [2.75, 3.05) is 19.3 Å². The molecule has 0 saturated carbocycles. The first-order valence-corrected chi connectivity index (χ1v) is 8.86. The van der Waals surface area contributed by atoms with Gasteiger partial charge in [-0.15, -0.1) is 5.10 Å². The Hall–Kier alpha value is -1.64. The average molecular weight is 318 g/mol. The van der Waals surface area contributed by atoms with Crippen molar-refractivity contribution >= 4 is 15.9 Å². The molecule has 0 saturated heterocycles. The van der Waals surface area contributed by atoms with Crippen LogP contribution >= 0.6 is 0 Å². The Morgan fingerprint density at radius 3 is 2.48 bits per heavy atom. The molecule has 0 fully saturated rings. The molecule has 8 nitrogen and oxygen atoms in total. The maximum absolute atomic E-state index is 11.2. The summed E-state index contributed by atoms with van der Waals surface area (Å²) in [4.78, 5) is 11.2. The van der Waals surface area contributed by atoms with E-state index in [9.17, 15) is 13.2 Å². The molecule has 2 amide bonds. The maximum Gasteiger partial charge on any atom is 0.335 e. The minimum atomic E-state index is -3.43. The molecule has 0 bridgehead atoms. The third-order valence-electron chi connectivity index (χ3n) is 2.65. The summed E-state index contributed by atoms with van der Waals surface area (Å²) in [6.45, 7) is 3.27. The van der Waals surface area contributed by atoms with Gasteiger partial charge in [0.15, 0.2) is 0 Å². The van der Waals surface area contributed by atoms with Crippen molar-refractivity contribution in [2.24, 2.45) is 0 Å². The summed E-state index contributed by atoms with van der Waals surface area (Å²) in [5.41, 5.74) is 0. The van der Waals surface area contributed by atoms with E-state index in [4.69, 9.17) is 4.42 Å². The molecule has 1 rings (SSSR count). The smallest absolute Gasteiger partial charge is 0.335 e. The number of aryl methyl sites for hydroxylation is 1. The standard InChI is InChI=1S/C12H22N4O4S/c1-3-8-13-11(17)14-9-6-4-5-7-10-15-16-12(20-10)21(2,18)19/h3-9H2,1-2H3,(H2,13,14,17). The molecular formula is C12H22N4O4S. The molecule has 0 radical (unpaired) electrons. The van der Waals surface area contributed by atoms with E-state index >= 15 is 0 Å². The van der Waals surface area contributed by atoms with Gasteiger partial charge in [-0.2, -0.15) is 0 Å². The topological polar surface area (TPSA) is 114 Å². The van der Waals surface area contributed by atoms with Crippen LogP contribution in [0.15, 0.2) is 9.64 Å². The lowest BCUT2D eigenvalue weighted by Gasteiger charge is -2.05. The number of nitrogens with one attached hydrogen (secondary N) is 2. The number of amides is 2. The Labute approximate surface area is 124 Å². The van der Waals surface area contributed by atoms with E-state index in [0.717, 1.165) is 31.9 Å². The van der Waals surface area contributed by atoms with Crippen LogP contribution in [0.25, 0.3) is 0 Å². The van der Waals surface area contributed by atoms with E-state index in [1.165, 1.54) is 0 Å². The summed E-state index contributed by atoms with van der Waals surface area (Å²) < 4.78 is 27.4. The van der Waals surface area contributed by atoms with Gasteiger partial charge in [-0.05, 0) is 19.3 Å². The van der Waals surface area contributed by atoms with Crippen LogP contribution in [-0.4, -0.2) is 44.0 Å². The number of hydrogen-bond donors (Lipinski definition) is 2. The normalized spacial score (nSPS) is 11.3. The fourth-order valence-corrected chi connectivity index (χ4v) is 2.01. The highest BCUT2D eigenvalue weighted by Gasteiger charge is 2.15. The third kappa shape index (κ3) is 7.07. The quantitative estimate of drug-likeness (QED) is 0.654. The average Bonchev–Trinajstić information content (AvgIpc) is 2.89. The first-order chi connectivity index (χ1) is 9.93. The molecule has 0 atom stereocenters. The molecule has 1 aromatic rings. The van der Waals surface area contributed by atoms with Crippen LogP contribution in [0.5, 0.6) is 0 Å². The molecule has 120 valence electrons. The predicted octanol–water partition coefficient (Wildman–Crippen LogP) is 0.895. The van der Waals surface area contributed by atoms with Crippen LogP contribution in [0.4, 0.5) is 4.79 Å². The first-order valence-electron chi connectivity index (χ1n) is 6.97. The fraction of sp³-hybridized carbons (Fsp3) is 0.750. The van der Waals surface area contributed by atoms with Gasteiger partial charge in [-0.25, -0.2) is 13.2 Å². The Balaban J connectivity index is 2.12. The Morgan fingerprint density at radius 2 is 1.86 bits per heavy atom. The molecule has 2 N–H and O–H groups in total. The van der Waals surface area contributed by atoms with Crippen LogP contribution in [-0.2, 0) is 16.3 Å². The van der Waals surface area contributed by atoms with Crippen molar-refractivity contribution in [1.29, 1.82) is 0 Å². The van der Waals surface area contributed by atoms with E-state index < -0.39 is 9.84 Å². The number of aromatic nitrogens is 2. The van der Waals surface area contributed by atoms with Crippen LogP contribution in [0.2, 0.25) is 0 Å². The van der Waals surface area contributed by atoms with Gasteiger partial charge in [-0.1, -0.05) is 18.4 Å². The summed E-state index contributed by atoms with van der Waals surface area (Å²) >= 11 is 0. The van der Waals surface area contributed by atoms with E-state index in [2.05, 4.69) is 20.8 Å². The number of rotatable bonds is 9. The van der Waals surface area contributed by atoms with Gasteiger partial charge in [-0.3, -0.25) is 0 Å². The van der Waals surface area contributed by atoms with Gasteiger partial charge in [0.1, 0.15) is 0 Å². The lowest BCUT2D eigenvalue weighted by Crippen LogP contribution is -2.36. The Kier molecular flexibility index (Phi) is 7.13. The zero-order valence-electron chi connectivity index (χ0n) is 12.4. The van der Waals surface area contributed by atoms with Crippen molar-refractivity contribution in [1.82, 2.24) is 20.8 Å². The highest BCUT2D eigenvalue weighted by molar-refractivity contribution is 7.90. The van der Waals surface area contributed by atoms with Crippen molar-refractivity contribution in [2.45, 2.75) is 44.3 Å². The summed E-state index contributed by atoms with van der Waals surface area (Å²) in [5, 5.41) is 12.3. The number of nitrogens with zero attached hydrogens (tertiary/aromatic N) is 2. The maximum atomic E-state index is 11.2. The predicted molar refractivity (Wildman–Crippen MR) is 76.7 cm³/mol. The summed E-state index contributed by atoms with van der Waals surface area (Å²) in [6, 6.07) is -0.147. The highest BCUT2D eigenvalue weighted by atomic mass is 32.2. The molecule has 0 aromatic carbocycles. The zero-order valence-corrected chi connectivity index (χ0v) is 13.2. The summed E-state index contributed by atoms with van der Waals surface area (Å²) in [7, 11) is -3.43. The van der Waals surface area contributed by atoms with Gasteiger partial charge in [0.25, 0.3) is 0 Å². The largest absolute Gasteiger partial charge is 0.413 e. The first kappa shape index (κ1) is 17.4. The number of sulfone groups is 1. The fourth-order valence-electron chi connectivity index (χ4n) is 1.57. The minimum absolute atomic E-state index is 0.147. The van der Waals surface area contributed by atoms with Gasteiger partial charge >= 0.3 is 11.3 Å². The van der Waals surface area contributed by atoms with Crippen molar-refractivity contribution in [3.8, 4) is 0 Å². The van der Waals surface area contributed by atoms with Gasteiger partial charge < -0.3 is 15.1 Å². The number of hydrogen-bond acceptors (Lipinski definition) is 6. The van der Waals surface area contributed by atoms with E-state index in [1.807, 2.05) is 6.92 Å². The van der Waals surface area contributed by atoms with Crippen molar-refractivity contribution in [3.63, 3.8) is 0 Å². The minimum Gasteiger partial charge on any atom is -0.413 e. The van der Waals surface area contributed by atoms with E-state index in [0.29, 0.717) is 25.4 Å². The molecule has 0 aliphatic rings. The van der Waals surface area contributed by atoms with Crippen LogP contribution in [0, 0.1) is 0 Å². The third-order valence-corrected chi connectivity index (χ3v) is 3.45. The molecule has 9 heteroatoms. The van der Waals surface area contributed by atoms with Crippen molar-refractivity contribution < 1.29 is 17.6 Å². The molecule has 0 spiro atoms. The van der Waals surface area contributed by atoms with Crippen LogP contribution < -0.4 is 10.6 Å². The second-order valence-corrected chi connectivity index (χ2v) is 6.62. The highest BCUT2D eigenvalue weighted by Crippen LogP contribution is 2.09. The number of carbonyl (C=O) groups excluding carboxylic acids is 1. The van der Waals surface area contributed by atoms with Crippen molar-refractivity contribution in [3.05, 3.63) is 5.89 Å². The molecule has 1 heterocycles. The van der Waals surface area contributed by atoms with E-state index in [1.54, 1.807) is 0 Å². The number of urea groups is 1. The lowest BCUT2D eigenvalue weighted by atomic mass is 10.2.